The second-order valence-electron chi connectivity index (χ2n) is 2.79. The Morgan fingerprint density at radius 3 is 3.07 bits per heavy atom. The number of imidazole rings is 1. The second kappa shape index (κ2) is 3.84. The Morgan fingerprint density at radius 2 is 2.33 bits per heavy atom. The van der Waals surface area contributed by atoms with Gasteiger partial charge in [0.1, 0.15) is 10.8 Å². The van der Waals surface area contributed by atoms with Crippen LogP contribution in [0.4, 0.5) is 0 Å². The van der Waals surface area contributed by atoms with E-state index in [0.717, 1.165) is 0 Å². The molecule has 0 spiro atoms. The zero-order chi connectivity index (χ0) is 10.8. The molecule has 0 saturated heterocycles. The van der Waals surface area contributed by atoms with E-state index in [2.05, 4.69) is 15.0 Å². The van der Waals surface area contributed by atoms with Gasteiger partial charge in [-0.15, -0.1) is 0 Å². The summed E-state index contributed by atoms with van der Waals surface area (Å²) in [4.78, 5) is 21.6. The highest BCUT2D eigenvalue weighted by molar-refractivity contribution is 6.31. The van der Waals surface area contributed by atoms with Crippen LogP contribution in [0.2, 0.25) is 5.02 Å². The van der Waals surface area contributed by atoms with Gasteiger partial charge in [0, 0.05) is 12.4 Å². The minimum atomic E-state index is -0.390. The molecular formula is C8H8ClN5O. The molecule has 6 nitrogen and oxygen atoms in total. The Morgan fingerprint density at radius 1 is 1.53 bits per heavy atom. The summed E-state index contributed by atoms with van der Waals surface area (Å²) in [6.45, 7) is 0.248. The van der Waals surface area contributed by atoms with Gasteiger partial charge in [0.05, 0.1) is 12.9 Å². The first kappa shape index (κ1) is 9.88. The number of hydrogen-bond donors (Lipinski definition) is 2. The van der Waals surface area contributed by atoms with Crippen LogP contribution in [0.25, 0.3) is 5.82 Å². The quantitative estimate of drug-likeness (QED) is 0.757. The number of halogens is 1. The van der Waals surface area contributed by atoms with Crippen LogP contribution in [0.15, 0.2) is 23.5 Å². The Balaban J connectivity index is 2.64. The molecule has 0 aliphatic heterocycles. The lowest BCUT2D eigenvalue weighted by atomic mass is 10.5. The molecule has 0 amide bonds. The van der Waals surface area contributed by atoms with Gasteiger partial charge in [0.25, 0.3) is 5.56 Å². The molecule has 0 aliphatic carbocycles. The highest BCUT2D eigenvalue weighted by Gasteiger charge is 2.10. The lowest BCUT2D eigenvalue weighted by Gasteiger charge is -2.05. The number of nitrogens with two attached hydrogens (primary N) is 1. The van der Waals surface area contributed by atoms with Crippen molar-refractivity contribution in [2.24, 2.45) is 5.73 Å². The summed E-state index contributed by atoms with van der Waals surface area (Å²) in [5.41, 5.74) is 5.09. The Labute approximate surface area is 89.7 Å². The van der Waals surface area contributed by atoms with Crippen LogP contribution in [0.5, 0.6) is 0 Å². The van der Waals surface area contributed by atoms with Crippen LogP contribution < -0.4 is 11.3 Å². The lowest BCUT2D eigenvalue weighted by molar-refractivity contribution is 0.840. The van der Waals surface area contributed by atoms with Crippen LogP contribution >= 0.6 is 11.6 Å². The smallest absolute Gasteiger partial charge is 0.271 e. The predicted molar refractivity (Wildman–Crippen MR) is 54.9 cm³/mol. The summed E-state index contributed by atoms with van der Waals surface area (Å²) < 4.78 is 1.58. The highest BCUT2D eigenvalue weighted by atomic mass is 35.5. The molecule has 0 aromatic carbocycles. The van der Waals surface area contributed by atoms with E-state index in [4.69, 9.17) is 17.3 Å². The van der Waals surface area contributed by atoms with E-state index in [1.807, 2.05) is 0 Å². The van der Waals surface area contributed by atoms with Gasteiger partial charge < -0.3 is 10.7 Å². The van der Waals surface area contributed by atoms with E-state index in [1.165, 1.54) is 6.33 Å². The highest BCUT2D eigenvalue weighted by Crippen LogP contribution is 2.13. The van der Waals surface area contributed by atoms with Crippen LogP contribution in [-0.2, 0) is 6.54 Å². The largest absolute Gasteiger partial charge is 0.324 e. The van der Waals surface area contributed by atoms with Crippen LogP contribution in [0.1, 0.15) is 5.82 Å². The number of nitrogens with zero attached hydrogens (tertiary/aromatic N) is 3. The molecule has 15 heavy (non-hydrogen) atoms. The Bertz CT molecular complexity index is 532. The van der Waals surface area contributed by atoms with Crippen molar-refractivity contribution in [1.82, 2.24) is 19.5 Å². The summed E-state index contributed by atoms with van der Waals surface area (Å²) in [5.74, 6) is 0.924. The summed E-state index contributed by atoms with van der Waals surface area (Å²) in [6, 6.07) is 0. The monoisotopic (exact) mass is 225 g/mol. The van der Waals surface area contributed by atoms with Crippen molar-refractivity contribution in [3.8, 4) is 5.82 Å². The first-order valence-corrected chi connectivity index (χ1v) is 4.57. The molecule has 2 aromatic heterocycles. The van der Waals surface area contributed by atoms with Crippen LogP contribution in [0, 0.1) is 0 Å². The van der Waals surface area contributed by atoms with Crippen molar-refractivity contribution in [2.75, 3.05) is 0 Å². The second-order valence-corrected chi connectivity index (χ2v) is 3.16. The topological polar surface area (TPSA) is 89.6 Å². The normalized spacial score (nSPS) is 10.5. The summed E-state index contributed by atoms with van der Waals surface area (Å²) in [5, 5.41) is 0.0187. The van der Waals surface area contributed by atoms with Gasteiger partial charge in [-0.3, -0.25) is 9.36 Å². The lowest BCUT2D eigenvalue weighted by Crippen LogP contribution is -2.14. The first-order chi connectivity index (χ1) is 7.24. The molecular weight excluding hydrogens is 218 g/mol. The van der Waals surface area contributed by atoms with E-state index in [0.29, 0.717) is 11.6 Å². The third-order valence-electron chi connectivity index (χ3n) is 1.91. The van der Waals surface area contributed by atoms with E-state index >= 15 is 0 Å². The average molecular weight is 226 g/mol. The number of aromatic nitrogens is 4. The van der Waals surface area contributed by atoms with Gasteiger partial charge in [0.2, 0.25) is 0 Å². The molecule has 2 rings (SSSR count). The third kappa shape index (κ3) is 1.64. The van der Waals surface area contributed by atoms with E-state index in [-0.39, 0.29) is 11.6 Å². The van der Waals surface area contributed by atoms with Gasteiger partial charge in [-0.05, 0) is 0 Å². The van der Waals surface area contributed by atoms with E-state index in [1.54, 1.807) is 17.0 Å². The minimum absolute atomic E-state index is 0.0187. The molecule has 2 heterocycles. The van der Waals surface area contributed by atoms with Crippen molar-refractivity contribution >= 4 is 11.6 Å². The fourth-order valence-electron chi connectivity index (χ4n) is 1.22. The molecule has 0 radical (unpaired) electrons. The molecule has 3 N–H and O–H groups in total. The predicted octanol–water partition coefficient (Wildman–Crippen LogP) is 0.0677. The Kier molecular flexibility index (Phi) is 2.53. The zero-order valence-electron chi connectivity index (χ0n) is 7.64. The average Bonchev–Trinajstić information content (AvgIpc) is 2.70. The van der Waals surface area contributed by atoms with Crippen molar-refractivity contribution < 1.29 is 0 Å². The Hall–Kier alpha value is -1.66. The maximum Gasteiger partial charge on any atom is 0.271 e. The molecule has 0 saturated carbocycles. The summed E-state index contributed by atoms with van der Waals surface area (Å²) in [6.07, 6.45) is 4.50. The first-order valence-electron chi connectivity index (χ1n) is 4.20. The van der Waals surface area contributed by atoms with Crippen molar-refractivity contribution in [3.05, 3.63) is 39.9 Å². The molecule has 0 unspecified atom stereocenters. The maximum atomic E-state index is 11.2. The van der Waals surface area contributed by atoms with Crippen molar-refractivity contribution in [2.45, 2.75) is 6.54 Å². The summed E-state index contributed by atoms with van der Waals surface area (Å²) in [7, 11) is 0. The van der Waals surface area contributed by atoms with E-state index < -0.39 is 5.56 Å². The molecule has 0 bridgehead atoms. The summed E-state index contributed by atoms with van der Waals surface area (Å²) >= 11 is 5.82. The number of rotatable bonds is 2. The number of hydrogen-bond acceptors (Lipinski definition) is 4. The van der Waals surface area contributed by atoms with Gasteiger partial charge in [-0.1, -0.05) is 11.6 Å². The van der Waals surface area contributed by atoms with E-state index in [9.17, 15) is 4.79 Å². The molecule has 0 fully saturated rings. The fraction of sp³-hybridized carbons (Fsp3) is 0.125. The number of nitrogens with one attached hydrogen (secondary N) is 1. The SMILES string of the molecule is NCc1nccn1-c1nc[nH]c(=O)c1Cl. The molecule has 0 atom stereocenters. The fourth-order valence-corrected chi connectivity index (χ4v) is 1.41. The zero-order valence-corrected chi connectivity index (χ0v) is 8.40. The number of H-pyrrole nitrogens is 1. The van der Waals surface area contributed by atoms with Crippen LogP contribution in [0.3, 0.4) is 0 Å². The van der Waals surface area contributed by atoms with Crippen molar-refractivity contribution in [3.63, 3.8) is 0 Å². The number of aromatic amines is 1. The molecule has 78 valence electrons. The van der Waals surface area contributed by atoms with Gasteiger partial charge in [-0.2, -0.15) is 0 Å². The van der Waals surface area contributed by atoms with Gasteiger partial charge in [-0.25, -0.2) is 9.97 Å². The molecule has 7 heteroatoms. The maximum absolute atomic E-state index is 11.2. The minimum Gasteiger partial charge on any atom is -0.324 e. The standard InChI is InChI=1S/C8H8ClN5O/c9-6-7(12-4-13-8(6)15)14-2-1-11-5(14)3-10/h1-2,4H,3,10H2,(H,12,13,15). The third-order valence-corrected chi connectivity index (χ3v) is 2.25. The van der Waals surface area contributed by atoms with Gasteiger partial charge in [0.15, 0.2) is 5.82 Å². The van der Waals surface area contributed by atoms with Crippen molar-refractivity contribution in [1.29, 1.82) is 0 Å². The van der Waals surface area contributed by atoms with Gasteiger partial charge >= 0.3 is 0 Å². The molecule has 2 aromatic rings. The van der Waals surface area contributed by atoms with Crippen LogP contribution in [-0.4, -0.2) is 19.5 Å². The molecule has 0 aliphatic rings.